The molecule has 1 unspecified atom stereocenters. The van der Waals surface area contributed by atoms with Crippen molar-refractivity contribution in [3.63, 3.8) is 0 Å². The molecular weight excluding hydrogens is 357 g/mol. The highest BCUT2D eigenvalue weighted by molar-refractivity contribution is 7.89. The maximum Gasteiger partial charge on any atom is 0.427 e. The number of carbonyl (C=O) groups excluding carboxylic acids is 1. The molecule has 0 saturated carbocycles. The number of sulfonamides is 1. The molecule has 0 radical (unpaired) electrons. The molecule has 0 N–H and O–H groups in total. The maximum atomic E-state index is 15.1. The predicted octanol–water partition coefficient (Wildman–Crippen LogP) is 4.59. The Balaban J connectivity index is 2.52. The molecule has 0 saturated heterocycles. The lowest BCUT2D eigenvalue weighted by molar-refractivity contribution is 0.0218. The lowest BCUT2D eigenvalue weighted by atomic mass is 10.2. The van der Waals surface area contributed by atoms with Gasteiger partial charge in [0.25, 0.3) is 10.0 Å². The molecule has 7 heteroatoms. The Hall–Kier alpha value is -2.41. The Kier molecular flexibility index (Phi) is 5.71. The van der Waals surface area contributed by atoms with E-state index in [1.165, 1.54) is 24.3 Å². The van der Waals surface area contributed by atoms with Crippen LogP contribution >= 0.6 is 0 Å². The Labute approximate surface area is 153 Å². The van der Waals surface area contributed by atoms with Gasteiger partial charge < -0.3 is 4.74 Å². The van der Waals surface area contributed by atoms with E-state index in [9.17, 15) is 13.2 Å². The molecule has 0 fully saturated rings. The monoisotopic (exact) mass is 379 g/mol. The molecule has 140 valence electrons. The van der Waals surface area contributed by atoms with Crippen molar-refractivity contribution in [2.45, 2.75) is 44.5 Å². The van der Waals surface area contributed by atoms with Gasteiger partial charge in [-0.15, -0.1) is 0 Å². The third-order valence-corrected chi connectivity index (χ3v) is 5.15. The summed E-state index contributed by atoms with van der Waals surface area (Å²) < 4.78 is 46.4. The van der Waals surface area contributed by atoms with Crippen LogP contribution in [0.5, 0.6) is 0 Å². The Morgan fingerprint density at radius 1 is 1.04 bits per heavy atom. The topological polar surface area (TPSA) is 63.7 Å². The largest absolute Gasteiger partial charge is 0.443 e. The van der Waals surface area contributed by atoms with Gasteiger partial charge in [0.2, 0.25) is 6.30 Å². The molecule has 2 rings (SSSR count). The van der Waals surface area contributed by atoms with E-state index in [2.05, 4.69) is 0 Å². The predicted molar refractivity (Wildman–Crippen MR) is 96.7 cm³/mol. The van der Waals surface area contributed by atoms with Crippen molar-refractivity contribution >= 4 is 16.1 Å². The van der Waals surface area contributed by atoms with Gasteiger partial charge in [-0.25, -0.2) is 17.6 Å². The van der Waals surface area contributed by atoms with Crippen LogP contribution in [0.25, 0.3) is 0 Å². The molecule has 0 aromatic heterocycles. The van der Waals surface area contributed by atoms with Crippen LogP contribution in [-0.4, -0.2) is 24.4 Å². The summed E-state index contributed by atoms with van der Waals surface area (Å²) in [6.07, 6.45) is -3.48. The molecule has 0 aliphatic carbocycles. The summed E-state index contributed by atoms with van der Waals surface area (Å²) in [4.78, 5) is 12.4. The number of benzene rings is 2. The highest BCUT2D eigenvalue weighted by atomic mass is 32.2. The van der Waals surface area contributed by atoms with E-state index in [1.807, 2.05) is 0 Å². The van der Waals surface area contributed by atoms with Crippen molar-refractivity contribution in [1.29, 1.82) is 0 Å². The standard InChI is InChI=1S/C19H22FNO4S/c1-14-10-12-16(13-11-14)26(23,24)21(18(22)25-19(2,3)4)17(20)15-8-6-5-7-9-15/h5-13,17H,1-4H3. The molecule has 26 heavy (non-hydrogen) atoms. The van der Waals surface area contributed by atoms with Gasteiger partial charge >= 0.3 is 6.09 Å². The number of aryl methyl sites for hydroxylation is 1. The summed E-state index contributed by atoms with van der Waals surface area (Å²) in [5, 5.41) is 0. The number of nitrogens with zero attached hydrogens (tertiary/aromatic N) is 1. The zero-order chi connectivity index (χ0) is 19.5. The van der Waals surface area contributed by atoms with Crippen LogP contribution in [0.4, 0.5) is 9.18 Å². The number of carbonyl (C=O) groups is 1. The van der Waals surface area contributed by atoms with Crippen molar-refractivity contribution in [1.82, 2.24) is 4.31 Å². The van der Waals surface area contributed by atoms with Crippen LogP contribution in [0, 0.1) is 6.92 Å². The van der Waals surface area contributed by atoms with Crippen LogP contribution in [0.15, 0.2) is 59.5 Å². The Morgan fingerprint density at radius 2 is 1.58 bits per heavy atom. The maximum absolute atomic E-state index is 15.1. The summed E-state index contributed by atoms with van der Waals surface area (Å²) in [6, 6.07) is 13.4. The van der Waals surface area contributed by atoms with E-state index in [-0.39, 0.29) is 14.8 Å². The molecule has 1 atom stereocenters. The second kappa shape index (κ2) is 7.45. The fourth-order valence-corrected chi connectivity index (χ4v) is 3.50. The first-order chi connectivity index (χ1) is 12.0. The molecule has 0 bridgehead atoms. The van der Waals surface area contributed by atoms with Gasteiger partial charge in [0, 0.05) is 5.56 Å². The fourth-order valence-electron chi connectivity index (χ4n) is 2.19. The number of halogens is 1. The fraction of sp³-hybridized carbons (Fsp3) is 0.316. The molecule has 0 heterocycles. The lowest BCUT2D eigenvalue weighted by Gasteiger charge is -2.29. The van der Waals surface area contributed by atoms with Gasteiger partial charge in [-0.2, -0.15) is 4.31 Å². The molecule has 0 aliphatic heterocycles. The molecule has 2 aromatic rings. The Morgan fingerprint density at radius 3 is 2.08 bits per heavy atom. The van der Waals surface area contributed by atoms with Gasteiger partial charge in [0.15, 0.2) is 0 Å². The first kappa shape index (κ1) is 19.9. The highest BCUT2D eigenvalue weighted by Gasteiger charge is 2.39. The van der Waals surface area contributed by atoms with Crippen molar-refractivity contribution in [2.24, 2.45) is 0 Å². The van der Waals surface area contributed by atoms with E-state index in [1.54, 1.807) is 58.0 Å². The summed E-state index contributed by atoms with van der Waals surface area (Å²) in [7, 11) is -4.45. The smallest absolute Gasteiger partial charge is 0.427 e. The number of amides is 1. The van der Waals surface area contributed by atoms with Crippen molar-refractivity contribution in [3.8, 4) is 0 Å². The molecule has 1 amide bonds. The van der Waals surface area contributed by atoms with E-state index in [0.717, 1.165) is 5.56 Å². The normalized spacial score (nSPS) is 13.1. The average molecular weight is 379 g/mol. The van der Waals surface area contributed by atoms with Crippen LogP contribution in [-0.2, 0) is 14.8 Å². The van der Waals surface area contributed by atoms with E-state index in [4.69, 9.17) is 4.74 Å². The molecule has 0 aliphatic rings. The summed E-state index contributed by atoms with van der Waals surface area (Å²) in [6.45, 7) is 6.54. The van der Waals surface area contributed by atoms with Gasteiger partial charge in [-0.1, -0.05) is 48.0 Å². The van der Waals surface area contributed by atoms with Crippen LogP contribution in [0.1, 0.15) is 38.2 Å². The van der Waals surface area contributed by atoms with Crippen molar-refractivity contribution in [2.75, 3.05) is 0 Å². The minimum atomic E-state index is -4.45. The van der Waals surface area contributed by atoms with Gasteiger partial charge in [-0.3, -0.25) is 0 Å². The number of ether oxygens (including phenoxy) is 1. The number of hydrogen-bond donors (Lipinski definition) is 0. The van der Waals surface area contributed by atoms with E-state index >= 15 is 4.39 Å². The molecule has 2 aromatic carbocycles. The summed E-state index contributed by atoms with van der Waals surface area (Å²) in [5.74, 6) is 0. The third kappa shape index (κ3) is 4.60. The Bertz CT molecular complexity index is 859. The molecule has 5 nitrogen and oxygen atoms in total. The van der Waals surface area contributed by atoms with Gasteiger partial charge in [0.05, 0.1) is 4.90 Å². The number of rotatable bonds is 4. The quantitative estimate of drug-likeness (QED) is 0.729. The van der Waals surface area contributed by atoms with Crippen LogP contribution in [0.2, 0.25) is 0 Å². The first-order valence-electron chi connectivity index (χ1n) is 8.05. The second-order valence-corrected chi connectivity index (χ2v) is 8.66. The first-order valence-corrected chi connectivity index (χ1v) is 9.49. The van der Waals surface area contributed by atoms with Crippen LogP contribution in [0.3, 0.4) is 0 Å². The third-order valence-electron chi connectivity index (χ3n) is 3.43. The summed E-state index contributed by atoms with van der Waals surface area (Å²) in [5.41, 5.74) is -0.101. The lowest BCUT2D eigenvalue weighted by Crippen LogP contribution is -2.41. The minimum Gasteiger partial charge on any atom is -0.443 e. The number of alkyl halides is 1. The van der Waals surface area contributed by atoms with Gasteiger partial charge in [0.1, 0.15) is 5.60 Å². The van der Waals surface area contributed by atoms with E-state index in [0.29, 0.717) is 0 Å². The average Bonchev–Trinajstić information content (AvgIpc) is 2.54. The zero-order valence-electron chi connectivity index (χ0n) is 15.1. The number of hydrogen-bond acceptors (Lipinski definition) is 4. The molecular formula is C19H22FNO4S. The van der Waals surface area contributed by atoms with Crippen molar-refractivity contribution in [3.05, 3.63) is 65.7 Å². The minimum absolute atomic E-state index is 0.0362. The van der Waals surface area contributed by atoms with Gasteiger partial charge in [-0.05, 0) is 39.8 Å². The van der Waals surface area contributed by atoms with Crippen molar-refractivity contribution < 1.29 is 22.3 Å². The molecule has 0 spiro atoms. The van der Waals surface area contributed by atoms with Crippen LogP contribution < -0.4 is 0 Å². The highest BCUT2D eigenvalue weighted by Crippen LogP contribution is 2.31. The SMILES string of the molecule is Cc1ccc(S(=O)(=O)N(C(=O)OC(C)(C)C)C(F)c2ccccc2)cc1. The van der Waals surface area contributed by atoms with E-state index < -0.39 is 28.0 Å². The second-order valence-electron chi connectivity index (χ2n) is 6.84. The summed E-state index contributed by atoms with van der Waals surface area (Å²) >= 11 is 0. The zero-order valence-corrected chi connectivity index (χ0v) is 16.0.